The first-order valence-corrected chi connectivity index (χ1v) is 9.44. The maximum atomic E-state index is 13.0. The van der Waals surface area contributed by atoms with Crippen molar-refractivity contribution >= 4 is 21.6 Å². The number of carbonyl (C=O) groups excluding carboxylic acids is 1. The van der Waals surface area contributed by atoms with Crippen molar-refractivity contribution in [1.29, 1.82) is 0 Å². The number of hydrogen-bond donors (Lipinski definition) is 0. The summed E-state index contributed by atoms with van der Waals surface area (Å²) in [5.41, 5.74) is 0.930. The number of ether oxygens (including phenoxy) is 2. The average Bonchev–Trinajstić information content (AvgIpc) is 2.66. The van der Waals surface area contributed by atoms with Gasteiger partial charge in [-0.2, -0.15) is 0 Å². The molecule has 7 nitrogen and oxygen atoms in total. The number of nitrogens with zero attached hydrogens (tertiary/aromatic N) is 2. The molecule has 138 valence electrons. The van der Waals surface area contributed by atoms with E-state index >= 15 is 0 Å². The fourth-order valence-corrected chi connectivity index (χ4v) is 3.82. The highest BCUT2D eigenvalue weighted by Gasteiger charge is 2.28. The highest BCUT2D eigenvalue weighted by Crippen LogP contribution is 2.33. The lowest BCUT2D eigenvalue weighted by molar-refractivity contribution is 0.0976. The summed E-state index contributed by atoms with van der Waals surface area (Å²) < 4.78 is 36.9. The minimum atomic E-state index is -3.75. The second-order valence-corrected chi connectivity index (χ2v) is 8.05. The Balaban J connectivity index is 2.05. The summed E-state index contributed by atoms with van der Waals surface area (Å²) in [4.78, 5) is 14.6. The molecule has 0 radical (unpaired) electrons. The van der Waals surface area contributed by atoms with E-state index in [0.29, 0.717) is 24.6 Å². The van der Waals surface area contributed by atoms with Crippen LogP contribution in [0, 0.1) is 0 Å². The number of anilines is 1. The second kappa shape index (κ2) is 6.97. The van der Waals surface area contributed by atoms with Crippen LogP contribution in [0.3, 0.4) is 0 Å². The van der Waals surface area contributed by atoms with Gasteiger partial charge in [0.1, 0.15) is 23.0 Å². The Hall–Kier alpha value is -2.58. The van der Waals surface area contributed by atoms with Crippen LogP contribution in [0.2, 0.25) is 0 Å². The van der Waals surface area contributed by atoms with Crippen LogP contribution >= 0.6 is 0 Å². The molecule has 0 saturated heterocycles. The van der Waals surface area contributed by atoms with Crippen LogP contribution in [-0.4, -0.2) is 53.0 Å². The summed E-state index contributed by atoms with van der Waals surface area (Å²) in [7, 11) is 0.503. The molecule has 3 rings (SSSR count). The molecule has 1 aliphatic rings. The molecular weight excluding hydrogens is 356 g/mol. The molecule has 0 aromatic heterocycles. The molecule has 0 spiro atoms. The van der Waals surface area contributed by atoms with Crippen molar-refractivity contribution in [3.63, 3.8) is 0 Å². The fourth-order valence-electron chi connectivity index (χ4n) is 2.74. The van der Waals surface area contributed by atoms with Gasteiger partial charge in [0, 0.05) is 19.7 Å². The van der Waals surface area contributed by atoms with Crippen LogP contribution in [0.4, 0.5) is 5.69 Å². The number of methoxy groups -OCH3 is 1. The molecule has 1 aliphatic heterocycles. The number of fused-ring (bicyclic) bond motifs is 1. The van der Waals surface area contributed by atoms with Crippen LogP contribution in [0.25, 0.3) is 0 Å². The molecule has 1 amide bonds. The SMILES string of the molecule is COc1ccc(C(=O)N2CCOc3ccccc32)cc1S(=O)(=O)N(C)C. The fraction of sp³-hybridized carbons (Fsp3) is 0.278. The molecule has 0 saturated carbocycles. The van der Waals surface area contributed by atoms with Crippen LogP contribution in [-0.2, 0) is 10.0 Å². The van der Waals surface area contributed by atoms with Crippen LogP contribution in [0.1, 0.15) is 10.4 Å². The Morgan fingerprint density at radius 1 is 1.19 bits per heavy atom. The smallest absolute Gasteiger partial charge is 0.258 e. The van der Waals surface area contributed by atoms with Crippen molar-refractivity contribution < 1.29 is 22.7 Å². The van der Waals surface area contributed by atoms with E-state index in [1.54, 1.807) is 23.1 Å². The van der Waals surface area contributed by atoms with Gasteiger partial charge in [0.05, 0.1) is 19.3 Å². The van der Waals surface area contributed by atoms with Gasteiger partial charge < -0.3 is 14.4 Å². The van der Waals surface area contributed by atoms with Crippen LogP contribution < -0.4 is 14.4 Å². The van der Waals surface area contributed by atoms with E-state index in [9.17, 15) is 13.2 Å². The normalized spacial score (nSPS) is 13.9. The number of hydrogen-bond acceptors (Lipinski definition) is 5. The maximum absolute atomic E-state index is 13.0. The number of sulfonamides is 1. The first-order valence-electron chi connectivity index (χ1n) is 8.00. The van der Waals surface area contributed by atoms with Crippen molar-refractivity contribution in [2.75, 3.05) is 39.3 Å². The van der Waals surface area contributed by atoms with E-state index in [-0.39, 0.29) is 22.1 Å². The molecule has 1 heterocycles. The van der Waals surface area contributed by atoms with E-state index in [1.165, 1.54) is 33.3 Å². The van der Waals surface area contributed by atoms with Gasteiger partial charge >= 0.3 is 0 Å². The lowest BCUT2D eigenvalue weighted by Gasteiger charge is -2.29. The first kappa shape index (κ1) is 18.2. The van der Waals surface area contributed by atoms with Crippen molar-refractivity contribution in [3.05, 3.63) is 48.0 Å². The Morgan fingerprint density at radius 3 is 2.62 bits per heavy atom. The molecule has 2 aromatic carbocycles. The van der Waals surface area contributed by atoms with Crippen molar-refractivity contribution in [2.24, 2.45) is 0 Å². The van der Waals surface area contributed by atoms with Crippen molar-refractivity contribution in [1.82, 2.24) is 4.31 Å². The monoisotopic (exact) mass is 376 g/mol. The number of para-hydroxylation sites is 2. The summed E-state index contributed by atoms with van der Waals surface area (Å²) in [6, 6.07) is 11.7. The predicted octanol–water partition coefficient (Wildman–Crippen LogP) is 1.98. The van der Waals surface area contributed by atoms with Gasteiger partial charge in [-0.25, -0.2) is 12.7 Å². The number of amides is 1. The molecule has 0 N–H and O–H groups in total. The summed E-state index contributed by atoms with van der Waals surface area (Å²) in [5.74, 6) is 0.526. The second-order valence-electron chi connectivity index (χ2n) is 5.93. The summed E-state index contributed by atoms with van der Waals surface area (Å²) in [5, 5.41) is 0. The van der Waals surface area contributed by atoms with Gasteiger partial charge in [-0.3, -0.25) is 4.79 Å². The van der Waals surface area contributed by atoms with Crippen LogP contribution in [0.5, 0.6) is 11.5 Å². The molecule has 2 aromatic rings. The van der Waals surface area contributed by atoms with E-state index in [2.05, 4.69) is 0 Å². The van der Waals surface area contributed by atoms with Gasteiger partial charge in [-0.15, -0.1) is 0 Å². The third kappa shape index (κ3) is 3.13. The molecule has 0 atom stereocenters. The zero-order chi connectivity index (χ0) is 18.9. The molecule has 8 heteroatoms. The quantitative estimate of drug-likeness (QED) is 0.816. The molecule has 0 fully saturated rings. The summed E-state index contributed by atoms with van der Waals surface area (Å²) >= 11 is 0. The first-order chi connectivity index (χ1) is 12.4. The Morgan fingerprint density at radius 2 is 1.92 bits per heavy atom. The molecule has 26 heavy (non-hydrogen) atoms. The average molecular weight is 376 g/mol. The highest BCUT2D eigenvalue weighted by atomic mass is 32.2. The lowest BCUT2D eigenvalue weighted by Crippen LogP contribution is -2.38. The Bertz CT molecular complexity index is 940. The zero-order valence-corrected chi connectivity index (χ0v) is 15.6. The number of rotatable bonds is 4. The van der Waals surface area contributed by atoms with Crippen LogP contribution in [0.15, 0.2) is 47.4 Å². The zero-order valence-electron chi connectivity index (χ0n) is 14.8. The minimum absolute atomic E-state index is 0.0441. The van der Waals surface area contributed by atoms with E-state index in [4.69, 9.17) is 9.47 Å². The molecule has 0 bridgehead atoms. The topological polar surface area (TPSA) is 76.1 Å². The summed E-state index contributed by atoms with van der Waals surface area (Å²) in [6.45, 7) is 0.763. The van der Waals surface area contributed by atoms with Crippen molar-refractivity contribution in [3.8, 4) is 11.5 Å². The number of carbonyl (C=O) groups is 1. The standard InChI is InChI=1S/C18H20N2O5S/c1-19(2)26(22,23)17-12-13(8-9-16(17)24-3)18(21)20-10-11-25-15-7-5-4-6-14(15)20/h4-9,12H,10-11H2,1-3H3. The van der Waals surface area contributed by atoms with E-state index in [0.717, 1.165) is 4.31 Å². The maximum Gasteiger partial charge on any atom is 0.258 e. The lowest BCUT2D eigenvalue weighted by atomic mass is 10.1. The van der Waals surface area contributed by atoms with Gasteiger partial charge in [0.15, 0.2) is 0 Å². The largest absolute Gasteiger partial charge is 0.495 e. The number of benzene rings is 2. The summed E-state index contributed by atoms with van der Waals surface area (Å²) in [6.07, 6.45) is 0. The van der Waals surface area contributed by atoms with Gasteiger partial charge in [0.2, 0.25) is 10.0 Å². The molecular formula is C18H20N2O5S. The predicted molar refractivity (Wildman–Crippen MR) is 97.5 cm³/mol. The minimum Gasteiger partial charge on any atom is -0.495 e. The molecule has 0 unspecified atom stereocenters. The highest BCUT2D eigenvalue weighted by molar-refractivity contribution is 7.89. The Kier molecular flexibility index (Phi) is 4.88. The van der Waals surface area contributed by atoms with E-state index < -0.39 is 10.0 Å². The third-order valence-corrected chi connectivity index (χ3v) is 5.98. The van der Waals surface area contributed by atoms with Gasteiger partial charge in [0.25, 0.3) is 5.91 Å². The van der Waals surface area contributed by atoms with Gasteiger partial charge in [-0.05, 0) is 30.3 Å². The molecule has 0 aliphatic carbocycles. The van der Waals surface area contributed by atoms with E-state index in [1.807, 2.05) is 12.1 Å². The Labute approximate surface area is 152 Å². The van der Waals surface area contributed by atoms with Gasteiger partial charge in [-0.1, -0.05) is 12.1 Å². The van der Waals surface area contributed by atoms with Crippen molar-refractivity contribution in [2.45, 2.75) is 4.90 Å². The third-order valence-electron chi connectivity index (χ3n) is 4.14.